The average Bonchev–Trinajstić information content (AvgIpc) is 3.01. The molecule has 0 spiro atoms. The van der Waals surface area contributed by atoms with E-state index >= 15 is 0 Å². The van der Waals surface area contributed by atoms with Gasteiger partial charge in [-0.3, -0.25) is 4.99 Å². The van der Waals surface area contributed by atoms with E-state index < -0.39 is 0 Å². The molecule has 19 heavy (non-hydrogen) atoms. The summed E-state index contributed by atoms with van der Waals surface area (Å²) in [5.41, 5.74) is 1.10. The molecular formula is C12H17N5S2. The lowest BCUT2D eigenvalue weighted by atomic mass is 10.4. The van der Waals surface area contributed by atoms with Gasteiger partial charge in [-0.2, -0.15) is 0 Å². The van der Waals surface area contributed by atoms with Crippen LogP contribution in [0.5, 0.6) is 0 Å². The maximum absolute atomic E-state index is 4.49. The number of aryl methyl sites for hydroxylation is 2. The third-order valence-electron chi connectivity index (χ3n) is 2.59. The smallest absolute Gasteiger partial charge is 0.191 e. The van der Waals surface area contributed by atoms with Gasteiger partial charge in [-0.25, -0.2) is 9.97 Å². The maximum atomic E-state index is 4.49. The minimum Gasteiger partial charge on any atom is -0.350 e. The molecule has 0 saturated carbocycles. The van der Waals surface area contributed by atoms with E-state index in [9.17, 15) is 0 Å². The van der Waals surface area contributed by atoms with Gasteiger partial charge in [0.05, 0.1) is 18.8 Å². The summed E-state index contributed by atoms with van der Waals surface area (Å²) < 4.78 is 0. The van der Waals surface area contributed by atoms with E-state index in [-0.39, 0.29) is 0 Å². The zero-order valence-corrected chi connectivity index (χ0v) is 12.9. The van der Waals surface area contributed by atoms with Crippen LogP contribution in [0.3, 0.4) is 0 Å². The number of thiazole rings is 2. The van der Waals surface area contributed by atoms with Crippen molar-refractivity contribution < 1.29 is 0 Å². The minimum atomic E-state index is 0.688. The van der Waals surface area contributed by atoms with E-state index in [4.69, 9.17) is 0 Å². The number of hydrogen-bond acceptors (Lipinski definition) is 5. The lowest BCUT2D eigenvalue weighted by Crippen LogP contribution is -2.36. The highest BCUT2D eigenvalue weighted by Gasteiger charge is 2.05. The molecule has 0 aliphatic carbocycles. The summed E-state index contributed by atoms with van der Waals surface area (Å²) in [6.45, 7) is 5.50. The number of aliphatic imine (C=N–C) groups is 1. The van der Waals surface area contributed by atoms with Crippen LogP contribution in [0, 0.1) is 13.8 Å². The van der Waals surface area contributed by atoms with Crippen LogP contribution in [0.2, 0.25) is 0 Å². The Bertz CT molecular complexity index is 525. The second kappa shape index (κ2) is 6.63. The number of nitrogens with one attached hydrogen (secondary N) is 2. The predicted molar refractivity (Wildman–Crippen MR) is 80.7 cm³/mol. The molecule has 2 N–H and O–H groups in total. The van der Waals surface area contributed by atoms with Crippen molar-refractivity contribution in [1.29, 1.82) is 0 Å². The van der Waals surface area contributed by atoms with Crippen LogP contribution in [-0.2, 0) is 13.1 Å². The molecule has 2 heterocycles. The Morgan fingerprint density at radius 1 is 1.26 bits per heavy atom. The third kappa shape index (κ3) is 4.00. The van der Waals surface area contributed by atoms with Gasteiger partial charge in [0.2, 0.25) is 0 Å². The highest BCUT2D eigenvalue weighted by molar-refractivity contribution is 7.11. The Morgan fingerprint density at radius 3 is 2.53 bits per heavy atom. The standard InChI is InChI=1S/C12H17N5S2/c1-8-9(2)19-11(17-8)7-16-12(13-3)15-6-10-14-4-5-18-10/h4-5H,6-7H2,1-3H3,(H2,13,15,16). The van der Waals surface area contributed by atoms with Crippen LogP contribution in [0.1, 0.15) is 20.6 Å². The first-order valence-corrected chi connectivity index (χ1v) is 7.64. The molecule has 2 aromatic heterocycles. The molecule has 0 atom stereocenters. The second-order valence-electron chi connectivity index (χ2n) is 3.95. The molecule has 0 aliphatic heterocycles. The van der Waals surface area contributed by atoms with Gasteiger partial charge in [-0.1, -0.05) is 0 Å². The normalized spacial score (nSPS) is 11.6. The van der Waals surface area contributed by atoms with Crippen molar-refractivity contribution in [3.05, 3.63) is 32.2 Å². The number of nitrogens with zero attached hydrogens (tertiary/aromatic N) is 3. The van der Waals surface area contributed by atoms with Gasteiger partial charge in [0.25, 0.3) is 0 Å². The van der Waals surface area contributed by atoms with Crippen LogP contribution < -0.4 is 10.6 Å². The maximum Gasteiger partial charge on any atom is 0.191 e. The third-order valence-corrected chi connectivity index (χ3v) is 4.45. The molecule has 102 valence electrons. The molecule has 0 bridgehead atoms. The van der Waals surface area contributed by atoms with Crippen LogP contribution in [0.4, 0.5) is 0 Å². The molecule has 5 nitrogen and oxygen atoms in total. The van der Waals surface area contributed by atoms with Crippen molar-refractivity contribution in [2.45, 2.75) is 26.9 Å². The van der Waals surface area contributed by atoms with Crippen LogP contribution >= 0.6 is 22.7 Å². The van der Waals surface area contributed by atoms with Crippen molar-refractivity contribution in [3.63, 3.8) is 0 Å². The lowest BCUT2D eigenvalue weighted by Gasteiger charge is -2.09. The Morgan fingerprint density at radius 2 is 2.00 bits per heavy atom. The summed E-state index contributed by atoms with van der Waals surface area (Å²) in [6.07, 6.45) is 1.80. The Kier molecular flexibility index (Phi) is 4.86. The summed E-state index contributed by atoms with van der Waals surface area (Å²) in [4.78, 5) is 14.2. The van der Waals surface area contributed by atoms with Gasteiger partial charge in [-0.15, -0.1) is 22.7 Å². The zero-order valence-electron chi connectivity index (χ0n) is 11.2. The first kappa shape index (κ1) is 14.0. The molecule has 7 heteroatoms. The molecule has 0 aliphatic rings. The molecule has 2 rings (SSSR count). The molecule has 0 unspecified atom stereocenters. The van der Waals surface area contributed by atoms with E-state index in [0.29, 0.717) is 13.1 Å². The Labute approximate surface area is 120 Å². The quantitative estimate of drug-likeness (QED) is 0.670. The zero-order chi connectivity index (χ0) is 13.7. The summed E-state index contributed by atoms with van der Waals surface area (Å²) in [7, 11) is 1.76. The number of hydrogen-bond donors (Lipinski definition) is 2. The van der Waals surface area contributed by atoms with Gasteiger partial charge in [0.15, 0.2) is 5.96 Å². The topological polar surface area (TPSA) is 62.2 Å². The van der Waals surface area contributed by atoms with E-state index in [1.165, 1.54) is 4.88 Å². The number of rotatable bonds is 4. The fourth-order valence-corrected chi connectivity index (χ4v) is 2.92. The van der Waals surface area contributed by atoms with Gasteiger partial charge < -0.3 is 10.6 Å². The van der Waals surface area contributed by atoms with Crippen molar-refractivity contribution >= 4 is 28.6 Å². The number of aromatic nitrogens is 2. The lowest BCUT2D eigenvalue weighted by molar-refractivity contribution is 0.800. The SMILES string of the molecule is CN=C(NCc1nccs1)NCc1nc(C)c(C)s1. The minimum absolute atomic E-state index is 0.688. The first-order chi connectivity index (χ1) is 9.19. The van der Waals surface area contributed by atoms with E-state index in [1.54, 1.807) is 35.9 Å². The van der Waals surface area contributed by atoms with E-state index in [0.717, 1.165) is 21.7 Å². The van der Waals surface area contributed by atoms with E-state index in [1.807, 2.05) is 12.3 Å². The fraction of sp³-hybridized carbons (Fsp3) is 0.417. The van der Waals surface area contributed by atoms with Crippen molar-refractivity contribution in [2.24, 2.45) is 4.99 Å². The first-order valence-electron chi connectivity index (χ1n) is 5.95. The van der Waals surface area contributed by atoms with Crippen LogP contribution in [0.25, 0.3) is 0 Å². The monoisotopic (exact) mass is 295 g/mol. The average molecular weight is 295 g/mol. The van der Waals surface area contributed by atoms with Gasteiger partial charge in [0, 0.05) is 23.5 Å². The Balaban J connectivity index is 1.82. The summed E-state index contributed by atoms with van der Waals surface area (Å²) in [6, 6.07) is 0. The second-order valence-corrected chi connectivity index (χ2v) is 6.22. The van der Waals surface area contributed by atoms with Crippen molar-refractivity contribution in [3.8, 4) is 0 Å². The summed E-state index contributed by atoms with van der Waals surface area (Å²) in [5, 5.41) is 10.6. The van der Waals surface area contributed by atoms with E-state index in [2.05, 4.69) is 32.5 Å². The summed E-state index contributed by atoms with van der Waals surface area (Å²) in [5.74, 6) is 0.765. The predicted octanol–water partition coefficient (Wildman–Crippen LogP) is 2.08. The molecule has 0 fully saturated rings. The van der Waals surface area contributed by atoms with Gasteiger partial charge >= 0.3 is 0 Å². The molecule has 0 aromatic carbocycles. The highest BCUT2D eigenvalue weighted by atomic mass is 32.1. The molecule has 2 aromatic rings. The van der Waals surface area contributed by atoms with Crippen LogP contribution in [0.15, 0.2) is 16.6 Å². The summed E-state index contributed by atoms with van der Waals surface area (Å²) >= 11 is 3.34. The van der Waals surface area contributed by atoms with Gasteiger partial charge in [0.1, 0.15) is 10.0 Å². The molecule has 0 amide bonds. The van der Waals surface area contributed by atoms with Crippen molar-refractivity contribution in [2.75, 3.05) is 7.05 Å². The fourth-order valence-electron chi connectivity index (χ4n) is 1.49. The molecular weight excluding hydrogens is 278 g/mol. The van der Waals surface area contributed by atoms with Gasteiger partial charge in [-0.05, 0) is 13.8 Å². The molecule has 0 radical (unpaired) electrons. The van der Waals surface area contributed by atoms with Crippen LogP contribution in [-0.4, -0.2) is 23.0 Å². The largest absolute Gasteiger partial charge is 0.350 e. The van der Waals surface area contributed by atoms with Crippen molar-refractivity contribution in [1.82, 2.24) is 20.6 Å². The molecule has 0 saturated heterocycles. The highest BCUT2D eigenvalue weighted by Crippen LogP contribution is 2.15. The Hall–Kier alpha value is -1.47. The number of guanidine groups is 1.